The molecule has 0 aliphatic carbocycles. The van der Waals surface area contributed by atoms with Gasteiger partial charge in [-0.1, -0.05) is 11.6 Å². The lowest BCUT2D eigenvalue weighted by Gasteiger charge is -2.36. The van der Waals surface area contributed by atoms with Crippen molar-refractivity contribution in [2.45, 2.75) is 44.6 Å². The van der Waals surface area contributed by atoms with Gasteiger partial charge >= 0.3 is 0 Å². The van der Waals surface area contributed by atoms with Crippen molar-refractivity contribution < 1.29 is 21.8 Å². The van der Waals surface area contributed by atoms with Gasteiger partial charge in [-0.15, -0.1) is 0 Å². The van der Waals surface area contributed by atoms with Gasteiger partial charge in [-0.25, -0.2) is 18.7 Å². The summed E-state index contributed by atoms with van der Waals surface area (Å²) in [4.78, 5) is 21.4. The van der Waals surface area contributed by atoms with Crippen LogP contribution in [-0.2, 0) is 6.42 Å². The largest absolute Gasteiger partial charge is 0.338 e. The van der Waals surface area contributed by atoms with E-state index in [0.717, 1.165) is 23.8 Å². The summed E-state index contributed by atoms with van der Waals surface area (Å²) in [6.07, 6.45) is -4.55. The van der Waals surface area contributed by atoms with Crippen molar-refractivity contribution in [1.82, 2.24) is 14.9 Å². The minimum absolute atomic E-state index is 0.0885. The van der Waals surface area contributed by atoms with Crippen molar-refractivity contribution in [2.24, 2.45) is 0 Å². The van der Waals surface area contributed by atoms with E-state index in [1.165, 1.54) is 12.4 Å². The van der Waals surface area contributed by atoms with Crippen LogP contribution in [0.15, 0.2) is 30.6 Å². The normalized spacial score (nSPS) is 27.5. The van der Waals surface area contributed by atoms with Crippen LogP contribution in [0.1, 0.15) is 55.6 Å². The lowest BCUT2D eigenvalue weighted by molar-refractivity contribution is 0.0389. The highest BCUT2D eigenvalue weighted by atomic mass is 35.5. The summed E-state index contributed by atoms with van der Waals surface area (Å²) in [6.45, 7) is -2.05. The van der Waals surface area contributed by atoms with Crippen molar-refractivity contribution >= 4 is 17.5 Å². The highest BCUT2D eigenvalue weighted by Gasteiger charge is 2.35. The highest BCUT2D eigenvalue weighted by molar-refractivity contribution is 6.31. The van der Waals surface area contributed by atoms with Gasteiger partial charge in [0.05, 0.1) is 5.02 Å². The summed E-state index contributed by atoms with van der Waals surface area (Å²) in [5, 5.41) is -0.379. The molecule has 1 aliphatic heterocycles. The number of carbonyl (C=O) groups excluding carboxylic acids is 1. The molecular formula is C20H22ClF2N3O. The minimum atomic E-state index is -3.42. The molecule has 2 aromatic rings. The van der Waals surface area contributed by atoms with E-state index in [-0.39, 0.29) is 22.8 Å². The van der Waals surface area contributed by atoms with E-state index < -0.39 is 56.0 Å². The topological polar surface area (TPSA) is 46.1 Å². The van der Waals surface area contributed by atoms with Crippen molar-refractivity contribution in [3.8, 4) is 0 Å². The Morgan fingerprint density at radius 3 is 2.89 bits per heavy atom. The molecule has 0 radical (unpaired) electrons. The second-order valence-electron chi connectivity index (χ2n) is 6.23. The van der Waals surface area contributed by atoms with Crippen LogP contribution in [0.5, 0.6) is 0 Å². The smallest absolute Gasteiger partial charge is 0.253 e. The summed E-state index contributed by atoms with van der Waals surface area (Å²) < 4.78 is 79.2. The van der Waals surface area contributed by atoms with Crippen molar-refractivity contribution in [1.29, 1.82) is 0 Å². The first-order valence-corrected chi connectivity index (χ1v) is 8.75. The second kappa shape index (κ2) is 8.30. The Kier molecular flexibility index (Phi) is 4.04. The maximum atomic E-state index is 16.1. The molecular weight excluding hydrogens is 372 g/mol. The molecule has 1 aliphatic rings. The van der Waals surface area contributed by atoms with Crippen molar-refractivity contribution in [3.05, 3.63) is 58.4 Å². The first-order valence-electron chi connectivity index (χ1n) is 11.4. The first-order chi connectivity index (χ1) is 15.1. The first kappa shape index (κ1) is 13.2. The molecule has 1 saturated heterocycles. The highest BCUT2D eigenvalue weighted by Crippen LogP contribution is 2.32. The van der Waals surface area contributed by atoms with Crippen LogP contribution < -0.4 is 0 Å². The Hall–Kier alpha value is -2.08. The zero-order valence-electron chi connectivity index (χ0n) is 20.6. The monoisotopic (exact) mass is 399 g/mol. The Balaban J connectivity index is 1.87. The van der Waals surface area contributed by atoms with E-state index in [4.69, 9.17) is 19.8 Å². The standard InChI is InChI=1S/C20H22ClF2N3O/c1-14-12-24-18(25-13-14)3-2-6-20(23)7-9-26(10-8-20)19(27)15-4-5-17(22)16(21)11-15/h4-5,11-13H,2-3,6-10H2,1H3/i6D2,7D2,9D2. The lowest BCUT2D eigenvalue weighted by atomic mass is 9.88. The van der Waals surface area contributed by atoms with E-state index in [2.05, 4.69) is 9.97 Å². The molecule has 4 nitrogen and oxygen atoms in total. The molecule has 1 aromatic heterocycles. The van der Waals surface area contributed by atoms with Gasteiger partial charge in [-0.3, -0.25) is 4.79 Å². The van der Waals surface area contributed by atoms with Gasteiger partial charge in [-0.2, -0.15) is 0 Å². The molecule has 0 saturated carbocycles. The summed E-state index contributed by atoms with van der Waals surface area (Å²) in [5.41, 5.74) is -2.68. The number of benzene rings is 1. The third-order valence-electron chi connectivity index (χ3n) is 4.07. The third kappa shape index (κ3) is 5.01. The molecule has 2 heterocycles. The fourth-order valence-electron chi connectivity index (χ4n) is 2.53. The van der Waals surface area contributed by atoms with Gasteiger partial charge in [-0.05, 0) is 56.3 Å². The van der Waals surface area contributed by atoms with Crippen molar-refractivity contribution in [2.75, 3.05) is 13.0 Å². The number of carbonyl (C=O) groups is 1. The molecule has 1 unspecified atom stereocenters. The van der Waals surface area contributed by atoms with Crippen molar-refractivity contribution in [3.63, 3.8) is 0 Å². The number of aromatic nitrogens is 2. The van der Waals surface area contributed by atoms with E-state index >= 15 is 4.39 Å². The molecule has 1 amide bonds. The summed E-state index contributed by atoms with van der Waals surface area (Å²) in [7, 11) is 0. The Morgan fingerprint density at radius 2 is 2.19 bits per heavy atom. The molecule has 0 spiro atoms. The second-order valence-corrected chi connectivity index (χ2v) is 6.63. The molecule has 1 atom stereocenters. The number of rotatable bonds is 5. The zero-order valence-corrected chi connectivity index (χ0v) is 15.4. The minimum Gasteiger partial charge on any atom is -0.338 e. The summed E-state index contributed by atoms with van der Waals surface area (Å²) in [6, 6.07) is 2.95. The molecule has 0 N–H and O–H groups in total. The number of hydrogen-bond donors (Lipinski definition) is 0. The number of amides is 1. The molecule has 144 valence electrons. The number of aryl methyl sites for hydroxylation is 2. The van der Waals surface area contributed by atoms with E-state index in [0.29, 0.717) is 4.90 Å². The number of likely N-dealkylation sites (tertiary alicyclic amines) is 1. The third-order valence-corrected chi connectivity index (χ3v) is 4.36. The van der Waals surface area contributed by atoms with Crippen LogP contribution >= 0.6 is 11.6 Å². The van der Waals surface area contributed by atoms with Crippen LogP contribution in [0.3, 0.4) is 0 Å². The summed E-state index contributed by atoms with van der Waals surface area (Å²) in [5.74, 6) is -1.56. The van der Waals surface area contributed by atoms with Crippen LogP contribution in [0.2, 0.25) is 5.02 Å². The molecule has 1 fully saturated rings. The number of halogens is 3. The summed E-state index contributed by atoms with van der Waals surface area (Å²) >= 11 is 5.69. The van der Waals surface area contributed by atoms with Crippen LogP contribution in [0.25, 0.3) is 0 Å². The van der Waals surface area contributed by atoms with Gasteiger partial charge in [0.2, 0.25) is 0 Å². The predicted octanol–water partition coefficient (Wildman–Crippen LogP) is 4.54. The molecule has 0 bridgehead atoms. The number of piperidine rings is 1. The fraction of sp³-hybridized carbons (Fsp3) is 0.450. The predicted molar refractivity (Wildman–Crippen MR) is 100 cm³/mol. The fourth-order valence-corrected chi connectivity index (χ4v) is 2.71. The lowest BCUT2D eigenvalue weighted by Crippen LogP contribution is -2.44. The van der Waals surface area contributed by atoms with Gasteiger partial charge in [0.25, 0.3) is 5.91 Å². The average Bonchev–Trinajstić information content (AvgIpc) is 2.73. The van der Waals surface area contributed by atoms with Crippen LogP contribution in [-0.4, -0.2) is 39.5 Å². The number of nitrogens with zero attached hydrogens (tertiary/aromatic N) is 3. The molecule has 3 rings (SSSR count). The van der Waals surface area contributed by atoms with E-state index in [1.807, 2.05) is 0 Å². The SMILES string of the molecule is [2H]C([2H])(CCc1ncc(C)cn1)C1(F)CCN(C(=O)c2ccc(F)c(Cl)c2)C([2H])([2H])C1([2H])[2H]. The van der Waals surface area contributed by atoms with E-state index in [1.54, 1.807) is 6.92 Å². The zero-order chi connectivity index (χ0) is 24.8. The molecule has 27 heavy (non-hydrogen) atoms. The Labute approximate surface area is 171 Å². The molecule has 1 aromatic carbocycles. The quantitative estimate of drug-likeness (QED) is 0.741. The molecule has 7 heteroatoms. The number of alkyl halides is 1. The van der Waals surface area contributed by atoms with Gasteiger partial charge in [0.15, 0.2) is 0 Å². The van der Waals surface area contributed by atoms with Gasteiger partial charge < -0.3 is 4.90 Å². The average molecular weight is 400 g/mol. The van der Waals surface area contributed by atoms with Gasteiger partial charge in [0, 0.05) is 45.6 Å². The number of hydrogen-bond acceptors (Lipinski definition) is 3. The Bertz CT molecular complexity index is 1060. The maximum absolute atomic E-state index is 16.1. The van der Waals surface area contributed by atoms with Gasteiger partial charge in [0.1, 0.15) is 17.3 Å². The maximum Gasteiger partial charge on any atom is 0.253 e. The van der Waals surface area contributed by atoms with Crippen LogP contribution in [0, 0.1) is 12.7 Å². The van der Waals surface area contributed by atoms with Crippen LogP contribution in [0.4, 0.5) is 8.78 Å². The van der Waals surface area contributed by atoms with E-state index in [9.17, 15) is 9.18 Å². The Morgan fingerprint density at radius 1 is 1.44 bits per heavy atom.